The molecule has 3 aromatic carbocycles. The molecule has 4 rings (SSSR count). The van der Waals surface area contributed by atoms with Crippen molar-refractivity contribution in [2.24, 2.45) is 0 Å². The zero-order chi connectivity index (χ0) is 20.2. The van der Waals surface area contributed by atoms with Gasteiger partial charge in [-0.1, -0.05) is 60.7 Å². The summed E-state index contributed by atoms with van der Waals surface area (Å²) in [4.78, 5) is 25.8. The Labute approximate surface area is 173 Å². The Morgan fingerprint density at radius 1 is 0.966 bits per heavy atom. The van der Waals surface area contributed by atoms with Crippen molar-refractivity contribution in [3.8, 4) is 5.75 Å². The second kappa shape index (κ2) is 8.37. The third-order valence-electron chi connectivity index (χ3n) is 4.64. The Balaban J connectivity index is 1.45. The van der Waals surface area contributed by atoms with Crippen LogP contribution in [0.4, 0.5) is 4.79 Å². The molecule has 0 bridgehead atoms. The van der Waals surface area contributed by atoms with E-state index < -0.39 is 0 Å². The van der Waals surface area contributed by atoms with Crippen LogP contribution in [0.2, 0.25) is 0 Å². The Kier molecular flexibility index (Phi) is 5.49. The van der Waals surface area contributed by atoms with Gasteiger partial charge in [0, 0.05) is 6.54 Å². The summed E-state index contributed by atoms with van der Waals surface area (Å²) in [5, 5.41) is 2.10. The maximum absolute atomic E-state index is 12.3. The van der Waals surface area contributed by atoms with E-state index in [0.717, 1.165) is 28.6 Å². The highest BCUT2D eigenvalue weighted by Crippen LogP contribution is 2.32. The maximum Gasteiger partial charge on any atom is 0.293 e. The zero-order valence-corrected chi connectivity index (χ0v) is 16.5. The Hall–Kier alpha value is -3.31. The largest absolute Gasteiger partial charge is 0.489 e. The predicted octanol–water partition coefficient (Wildman–Crippen LogP) is 5.64. The number of imide groups is 1. The van der Waals surface area contributed by atoms with Crippen molar-refractivity contribution < 1.29 is 14.3 Å². The average molecular weight is 401 g/mol. The Morgan fingerprint density at radius 2 is 1.72 bits per heavy atom. The van der Waals surface area contributed by atoms with Crippen molar-refractivity contribution >= 4 is 39.8 Å². The summed E-state index contributed by atoms with van der Waals surface area (Å²) < 4.78 is 5.95. The minimum Gasteiger partial charge on any atom is -0.489 e. The van der Waals surface area contributed by atoms with Crippen LogP contribution in [0.1, 0.15) is 11.1 Å². The standard InChI is InChI=1S/C24H19NO3S/c1-2-14-25-23(26)22(29-24(25)27)15-17-10-12-20(13-11-17)28-16-19-8-5-7-18-6-3-4-9-21(18)19/h2-13,15H,1,14,16H2/b22-15+. The van der Waals surface area contributed by atoms with Crippen LogP contribution in [-0.4, -0.2) is 22.6 Å². The van der Waals surface area contributed by atoms with Gasteiger partial charge in [-0.2, -0.15) is 0 Å². The highest BCUT2D eigenvalue weighted by Gasteiger charge is 2.33. The van der Waals surface area contributed by atoms with Crippen LogP contribution in [0.5, 0.6) is 5.75 Å². The van der Waals surface area contributed by atoms with E-state index in [1.807, 2.05) is 42.5 Å². The number of amides is 2. The maximum atomic E-state index is 12.3. The van der Waals surface area contributed by atoms with Crippen LogP contribution in [0.3, 0.4) is 0 Å². The van der Waals surface area contributed by atoms with Crippen LogP contribution in [-0.2, 0) is 11.4 Å². The fourth-order valence-electron chi connectivity index (χ4n) is 3.18. The number of ether oxygens (including phenoxy) is 1. The highest BCUT2D eigenvalue weighted by molar-refractivity contribution is 8.18. The van der Waals surface area contributed by atoms with Gasteiger partial charge in [-0.3, -0.25) is 14.5 Å². The molecule has 1 fully saturated rings. The lowest BCUT2D eigenvalue weighted by atomic mass is 10.1. The minimum atomic E-state index is -0.281. The molecule has 1 heterocycles. The molecule has 1 aliphatic rings. The summed E-state index contributed by atoms with van der Waals surface area (Å²) in [6.45, 7) is 4.28. The number of nitrogens with zero attached hydrogens (tertiary/aromatic N) is 1. The molecule has 0 N–H and O–H groups in total. The molecule has 0 unspecified atom stereocenters. The first kappa shape index (κ1) is 19.0. The average Bonchev–Trinajstić information content (AvgIpc) is 3.01. The molecule has 0 aromatic heterocycles. The second-order valence-corrected chi connectivity index (χ2v) is 7.57. The summed E-state index contributed by atoms with van der Waals surface area (Å²) >= 11 is 0.949. The lowest BCUT2D eigenvalue weighted by Gasteiger charge is -2.09. The van der Waals surface area contributed by atoms with Crippen LogP contribution in [0.25, 0.3) is 16.8 Å². The van der Waals surface area contributed by atoms with Gasteiger partial charge in [-0.25, -0.2) is 0 Å². The van der Waals surface area contributed by atoms with Crippen molar-refractivity contribution in [3.05, 3.63) is 95.4 Å². The van der Waals surface area contributed by atoms with E-state index in [0.29, 0.717) is 11.5 Å². The van der Waals surface area contributed by atoms with Crippen LogP contribution < -0.4 is 4.74 Å². The molecule has 4 nitrogen and oxygen atoms in total. The normalized spacial score (nSPS) is 15.3. The molecule has 144 valence electrons. The number of thioether (sulfide) groups is 1. The SMILES string of the molecule is C=CCN1C(=O)S/C(=C/c2ccc(OCc3cccc4ccccc34)cc2)C1=O. The van der Waals surface area contributed by atoms with Gasteiger partial charge in [0.2, 0.25) is 0 Å². The molecule has 0 saturated carbocycles. The molecule has 0 radical (unpaired) electrons. The quantitative estimate of drug-likeness (QED) is 0.396. The molecule has 29 heavy (non-hydrogen) atoms. The number of hydrogen-bond acceptors (Lipinski definition) is 4. The summed E-state index contributed by atoms with van der Waals surface area (Å²) in [7, 11) is 0. The van der Waals surface area contributed by atoms with Crippen molar-refractivity contribution in [1.82, 2.24) is 4.90 Å². The lowest BCUT2D eigenvalue weighted by molar-refractivity contribution is -0.122. The van der Waals surface area contributed by atoms with E-state index in [1.54, 1.807) is 12.2 Å². The number of benzene rings is 3. The number of carbonyl (C=O) groups is 2. The fraction of sp³-hybridized carbons (Fsp3) is 0.0833. The van der Waals surface area contributed by atoms with E-state index in [-0.39, 0.29) is 17.7 Å². The van der Waals surface area contributed by atoms with Gasteiger partial charge in [0.1, 0.15) is 12.4 Å². The van der Waals surface area contributed by atoms with Gasteiger partial charge in [-0.05, 0) is 51.9 Å². The van der Waals surface area contributed by atoms with Crippen LogP contribution in [0.15, 0.2) is 84.3 Å². The third-order valence-corrected chi connectivity index (χ3v) is 5.54. The molecule has 0 spiro atoms. The Morgan fingerprint density at radius 3 is 2.52 bits per heavy atom. The van der Waals surface area contributed by atoms with Crippen molar-refractivity contribution in [2.45, 2.75) is 6.61 Å². The number of carbonyl (C=O) groups excluding carboxylic acids is 2. The molecule has 5 heteroatoms. The van der Waals surface area contributed by atoms with Gasteiger partial charge in [0.15, 0.2) is 0 Å². The molecule has 3 aromatic rings. The van der Waals surface area contributed by atoms with Gasteiger partial charge in [-0.15, -0.1) is 6.58 Å². The van der Waals surface area contributed by atoms with E-state index in [2.05, 4.69) is 30.8 Å². The lowest BCUT2D eigenvalue weighted by Crippen LogP contribution is -2.27. The minimum absolute atomic E-state index is 0.225. The van der Waals surface area contributed by atoms with Gasteiger partial charge >= 0.3 is 0 Å². The summed E-state index contributed by atoms with van der Waals surface area (Å²) in [5.41, 5.74) is 1.97. The van der Waals surface area contributed by atoms with Crippen LogP contribution >= 0.6 is 11.8 Å². The summed E-state index contributed by atoms with van der Waals surface area (Å²) in [5.74, 6) is 0.464. The molecule has 2 amide bonds. The van der Waals surface area contributed by atoms with Gasteiger partial charge in [0.25, 0.3) is 11.1 Å². The number of rotatable bonds is 6. The predicted molar refractivity (Wildman–Crippen MR) is 118 cm³/mol. The van der Waals surface area contributed by atoms with E-state index >= 15 is 0 Å². The van der Waals surface area contributed by atoms with E-state index in [9.17, 15) is 9.59 Å². The molecular formula is C24H19NO3S. The topological polar surface area (TPSA) is 46.6 Å². The molecule has 1 aliphatic heterocycles. The highest BCUT2D eigenvalue weighted by atomic mass is 32.2. The summed E-state index contributed by atoms with van der Waals surface area (Å²) in [6, 6.07) is 21.9. The Bertz CT molecular complexity index is 1110. The molecule has 0 atom stereocenters. The fourth-order valence-corrected chi connectivity index (χ4v) is 4.03. The van der Waals surface area contributed by atoms with E-state index in [4.69, 9.17) is 4.74 Å². The van der Waals surface area contributed by atoms with Gasteiger partial charge in [0.05, 0.1) is 4.91 Å². The van der Waals surface area contributed by atoms with Crippen molar-refractivity contribution in [1.29, 1.82) is 0 Å². The molecule has 1 saturated heterocycles. The molecular weight excluding hydrogens is 382 g/mol. The first-order chi connectivity index (χ1) is 14.2. The first-order valence-electron chi connectivity index (χ1n) is 9.21. The monoisotopic (exact) mass is 401 g/mol. The first-order valence-corrected chi connectivity index (χ1v) is 10.0. The molecule has 0 aliphatic carbocycles. The van der Waals surface area contributed by atoms with E-state index in [1.165, 1.54) is 15.7 Å². The van der Waals surface area contributed by atoms with Crippen LogP contribution in [0, 0.1) is 0 Å². The number of hydrogen-bond donors (Lipinski definition) is 0. The van der Waals surface area contributed by atoms with Crippen molar-refractivity contribution in [3.63, 3.8) is 0 Å². The van der Waals surface area contributed by atoms with Crippen molar-refractivity contribution in [2.75, 3.05) is 6.54 Å². The third kappa shape index (κ3) is 4.10. The zero-order valence-electron chi connectivity index (χ0n) is 15.7. The second-order valence-electron chi connectivity index (χ2n) is 6.58. The van der Waals surface area contributed by atoms with Gasteiger partial charge < -0.3 is 4.74 Å². The smallest absolute Gasteiger partial charge is 0.293 e. The summed E-state index contributed by atoms with van der Waals surface area (Å²) in [6.07, 6.45) is 3.27. The number of fused-ring (bicyclic) bond motifs is 1.